The Hall–Kier alpha value is -1.03. The number of nitrogens with zero attached hydrogens (tertiary/aromatic N) is 2. The largest absolute Gasteiger partial charge is 0.416 e. The van der Waals surface area contributed by atoms with Crippen molar-refractivity contribution in [2.75, 3.05) is 33.2 Å². The lowest BCUT2D eigenvalue weighted by Gasteiger charge is -2.20. The highest BCUT2D eigenvalue weighted by molar-refractivity contribution is 14.0. The zero-order valence-corrected chi connectivity index (χ0v) is 17.6. The SMILES string of the molecule is CCN(CCNC(=NC)NCCc1ccc(C(F)(F)F)cc1)C1CC1.I. The predicted octanol–water partition coefficient (Wildman–Crippen LogP) is 3.52. The molecule has 0 spiro atoms. The fraction of sp³-hybridized carbons (Fsp3) is 0.611. The van der Waals surface area contributed by atoms with Gasteiger partial charge in [-0.2, -0.15) is 13.2 Å². The summed E-state index contributed by atoms with van der Waals surface area (Å²) in [6, 6.07) is 6.05. The number of nitrogens with one attached hydrogen (secondary N) is 2. The van der Waals surface area contributed by atoms with Crippen molar-refractivity contribution in [3.05, 3.63) is 35.4 Å². The minimum Gasteiger partial charge on any atom is -0.356 e. The molecular formula is C18H28F3IN4. The number of likely N-dealkylation sites (N-methyl/N-ethyl adjacent to an activating group) is 1. The van der Waals surface area contributed by atoms with Gasteiger partial charge in [-0.25, -0.2) is 0 Å². The molecule has 0 bridgehead atoms. The molecule has 1 aliphatic rings. The zero-order chi connectivity index (χ0) is 18.3. The highest BCUT2D eigenvalue weighted by Crippen LogP contribution is 2.29. The standard InChI is InChI=1S/C18H27F3N4.HI/c1-3-25(16-8-9-16)13-12-24-17(22-2)23-11-10-14-4-6-15(7-5-14)18(19,20)21;/h4-7,16H,3,8-13H2,1-2H3,(H2,22,23,24);1H. The first-order valence-corrected chi connectivity index (χ1v) is 8.78. The molecule has 0 heterocycles. The summed E-state index contributed by atoms with van der Waals surface area (Å²) in [5.74, 6) is 0.721. The van der Waals surface area contributed by atoms with Gasteiger partial charge in [0, 0.05) is 32.7 Å². The van der Waals surface area contributed by atoms with Crippen molar-refractivity contribution in [3.63, 3.8) is 0 Å². The van der Waals surface area contributed by atoms with Gasteiger partial charge in [0.25, 0.3) is 0 Å². The Morgan fingerprint density at radius 1 is 1.15 bits per heavy atom. The van der Waals surface area contributed by atoms with E-state index >= 15 is 0 Å². The van der Waals surface area contributed by atoms with Gasteiger partial charge >= 0.3 is 6.18 Å². The predicted molar refractivity (Wildman–Crippen MR) is 110 cm³/mol. The Labute approximate surface area is 170 Å². The molecule has 0 amide bonds. The van der Waals surface area contributed by atoms with Gasteiger partial charge in [-0.15, -0.1) is 24.0 Å². The van der Waals surface area contributed by atoms with Crippen molar-refractivity contribution in [1.82, 2.24) is 15.5 Å². The summed E-state index contributed by atoms with van der Waals surface area (Å²) in [5.41, 5.74) is 0.250. The monoisotopic (exact) mass is 484 g/mol. The first-order valence-electron chi connectivity index (χ1n) is 8.78. The summed E-state index contributed by atoms with van der Waals surface area (Å²) in [5, 5.41) is 6.48. The van der Waals surface area contributed by atoms with Gasteiger partial charge in [0.15, 0.2) is 5.96 Å². The summed E-state index contributed by atoms with van der Waals surface area (Å²) >= 11 is 0. The average Bonchev–Trinajstić information content (AvgIpc) is 3.41. The summed E-state index contributed by atoms with van der Waals surface area (Å²) in [6.45, 7) is 5.66. The number of guanidine groups is 1. The van der Waals surface area contributed by atoms with Gasteiger partial charge < -0.3 is 10.6 Å². The molecule has 26 heavy (non-hydrogen) atoms. The number of hydrogen-bond donors (Lipinski definition) is 2. The minimum absolute atomic E-state index is 0. The summed E-state index contributed by atoms with van der Waals surface area (Å²) in [7, 11) is 1.71. The van der Waals surface area contributed by atoms with E-state index in [2.05, 4.69) is 27.4 Å². The quantitative estimate of drug-likeness (QED) is 0.337. The van der Waals surface area contributed by atoms with Crippen LogP contribution < -0.4 is 10.6 Å². The molecule has 148 valence electrons. The lowest BCUT2D eigenvalue weighted by Crippen LogP contribution is -2.42. The van der Waals surface area contributed by atoms with Gasteiger partial charge in [0.2, 0.25) is 0 Å². The molecule has 0 aromatic heterocycles. The molecule has 0 saturated heterocycles. The number of aliphatic imine (C=N–C) groups is 1. The van der Waals surface area contributed by atoms with Crippen LogP contribution >= 0.6 is 24.0 Å². The van der Waals surface area contributed by atoms with E-state index in [1.165, 1.54) is 25.0 Å². The molecule has 0 radical (unpaired) electrons. The van der Waals surface area contributed by atoms with Crippen LogP contribution in [0.3, 0.4) is 0 Å². The number of benzene rings is 1. The van der Waals surface area contributed by atoms with E-state index in [9.17, 15) is 13.2 Å². The van der Waals surface area contributed by atoms with Crippen LogP contribution in [0.4, 0.5) is 13.2 Å². The number of alkyl halides is 3. The molecule has 8 heteroatoms. The van der Waals surface area contributed by atoms with E-state index in [4.69, 9.17) is 0 Å². The van der Waals surface area contributed by atoms with Crippen molar-refractivity contribution < 1.29 is 13.2 Å². The minimum atomic E-state index is -4.28. The second kappa shape index (κ2) is 11.0. The third-order valence-electron chi connectivity index (χ3n) is 4.37. The van der Waals surface area contributed by atoms with Gasteiger partial charge in [0.1, 0.15) is 0 Å². The topological polar surface area (TPSA) is 39.7 Å². The van der Waals surface area contributed by atoms with Crippen molar-refractivity contribution >= 4 is 29.9 Å². The van der Waals surface area contributed by atoms with E-state index in [1.54, 1.807) is 7.05 Å². The molecule has 2 rings (SSSR count). The second-order valence-corrected chi connectivity index (χ2v) is 6.23. The Balaban J connectivity index is 0.00000338. The zero-order valence-electron chi connectivity index (χ0n) is 15.3. The molecule has 2 N–H and O–H groups in total. The Kier molecular flexibility index (Phi) is 9.70. The van der Waals surface area contributed by atoms with E-state index in [1.807, 2.05) is 0 Å². The molecule has 4 nitrogen and oxygen atoms in total. The van der Waals surface area contributed by atoms with Crippen LogP contribution in [0.15, 0.2) is 29.3 Å². The Morgan fingerprint density at radius 3 is 2.27 bits per heavy atom. The maximum atomic E-state index is 12.5. The van der Waals surface area contributed by atoms with Crippen LogP contribution in [0.25, 0.3) is 0 Å². The summed E-state index contributed by atoms with van der Waals surface area (Å²) in [4.78, 5) is 6.64. The maximum Gasteiger partial charge on any atom is 0.416 e. The highest BCUT2D eigenvalue weighted by atomic mass is 127. The first kappa shape index (κ1) is 23.0. The molecule has 1 fully saturated rings. The maximum absolute atomic E-state index is 12.5. The van der Waals surface area contributed by atoms with E-state index < -0.39 is 11.7 Å². The van der Waals surface area contributed by atoms with Crippen LogP contribution in [-0.4, -0.2) is 50.1 Å². The number of hydrogen-bond acceptors (Lipinski definition) is 2. The van der Waals surface area contributed by atoms with Crippen LogP contribution in [-0.2, 0) is 12.6 Å². The van der Waals surface area contributed by atoms with E-state index in [-0.39, 0.29) is 24.0 Å². The van der Waals surface area contributed by atoms with Gasteiger partial charge in [-0.05, 0) is 43.5 Å². The summed E-state index contributed by atoms with van der Waals surface area (Å²) < 4.78 is 37.6. The van der Waals surface area contributed by atoms with Crippen LogP contribution in [0, 0.1) is 0 Å². The Bertz CT molecular complexity index is 557. The molecule has 1 aliphatic carbocycles. The van der Waals surface area contributed by atoms with Crippen molar-refractivity contribution in [1.29, 1.82) is 0 Å². The third kappa shape index (κ3) is 7.69. The summed E-state index contributed by atoms with van der Waals surface area (Å²) in [6.07, 6.45) is -1.04. The third-order valence-corrected chi connectivity index (χ3v) is 4.37. The fourth-order valence-corrected chi connectivity index (χ4v) is 2.76. The molecular weight excluding hydrogens is 456 g/mol. The Morgan fingerprint density at radius 2 is 1.77 bits per heavy atom. The smallest absolute Gasteiger partial charge is 0.356 e. The van der Waals surface area contributed by atoms with E-state index in [0.717, 1.165) is 49.3 Å². The van der Waals surface area contributed by atoms with Gasteiger partial charge in [-0.1, -0.05) is 19.1 Å². The molecule has 1 aromatic rings. The average molecular weight is 484 g/mol. The lowest BCUT2D eigenvalue weighted by atomic mass is 10.1. The van der Waals surface area contributed by atoms with Crippen LogP contribution in [0.5, 0.6) is 0 Å². The van der Waals surface area contributed by atoms with Crippen molar-refractivity contribution in [3.8, 4) is 0 Å². The van der Waals surface area contributed by atoms with Gasteiger partial charge in [-0.3, -0.25) is 9.89 Å². The fourth-order valence-electron chi connectivity index (χ4n) is 2.76. The van der Waals surface area contributed by atoms with Crippen molar-refractivity contribution in [2.24, 2.45) is 4.99 Å². The van der Waals surface area contributed by atoms with E-state index in [0.29, 0.717) is 13.0 Å². The number of halogens is 4. The molecule has 1 saturated carbocycles. The first-order chi connectivity index (χ1) is 11.9. The number of rotatable bonds is 8. The van der Waals surface area contributed by atoms with Crippen LogP contribution in [0.2, 0.25) is 0 Å². The lowest BCUT2D eigenvalue weighted by molar-refractivity contribution is -0.137. The normalized spacial score (nSPS) is 14.9. The van der Waals surface area contributed by atoms with Crippen LogP contribution in [0.1, 0.15) is 30.9 Å². The molecule has 0 atom stereocenters. The molecule has 0 unspecified atom stereocenters. The second-order valence-electron chi connectivity index (χ2n) is 6.23. The van der Waals surface area contributed by atoms with Gasteiger partial charge in [0.05, 0.1) is 5.56 Å². The highest BCUT2D eigenvalue weighted by Gasteiger charge is 2.30. The van der Waals surface area contributed by atoms with Crippen molar-refractivity contribution in [2.45, 2.75) is 38.4 Å². The molecule has 0 aliphatic heterocycles. The molecule has 1 aromatic carbocycles.